The van der Waals surface area contributed by atoms with E-state index in [1.54, 1.807) is 11.9 Å². The lowest BCUT2D eigenvalue weighted by molar-refractivity contribution is -0.116. The zero-order chi connectivity index (χ0) is 10.7. The number of amides is 1. The quantitative estimate of drug-likeness (QED) is 0.686. The molecule has 0 spiro atoms. The first-order valence-corrected chi connectivity index (χ1v) is 4.36. The Balaban J connectivity index is 2.93. The molecule has 4 N–H and O–H groups in total. The predicted molar refractivity (Wildman–Crippen MR) is 58.1 cm³/mol. The number of likely N-dealkylation sites (N-methyl/N-ethyl adjacent to an activating group) is 1. The largest absolute Gasteiger partial charge is 0.397 e. The zero-order valence-corrected chi connectivity index (χ0v) is 8.45. The summed E-state index contributed by atoms with van der Waals surface area (Å²) in [5.74, 6) is -0.367. The van der Waals surface area contributed by atoms with E-state index in [-0.39, 0.29) is 12.5 Å². The Morgan fingerprint density at radius 3 is 2.71 bits per heavy atom. The molecule has 0 aliphatic rings. The smallest absolute Gasteiger partial charge is 0.236 e. The van der Waals surface area contributed by atoms with Crippen LogP contribution in [0.2, 0.25) is 0 Å². The van der Waals surface area contributed by atoms with Crippen LogP contribution in [0, 0.1) is 6.92 Å². The molecule has 0 aromatic heterocycles. The van der Waals surface area contributed by atoms with Crippen molar-refractivity contribution in [2.24, 2.45) is 5.73 Å². The highest BCUT2D eigenvalue weighted by molar-refractivity contribution is 5.81. The minimum atomic E-state index is -0.367. The topological polar surface area (TPSA) is 72.3 Å². The number of hydrogen-bond donors (Lipinski definition) is 2. The van der Waals surface area contributed by atoms with Gasteiger partial charge in [-0.3, -0.25) is 4.79 Å². The van der Waals surface area contributed by atoms with E-state index < -0.39 is 0 Å². The van der Waals surface area contributed by atoms with Crippen LogP contribution in [0.5, 0.6) is 0 Å². The van der Waals surface area contributed by atoms with Crippen LogP contribution in [0.25, 0.3) is 0 Å². The molecule has 0 unspecified atom stereocenters. The Labute approximate surface area is 83.5 Å². The summed E-state index contributed by atoms with van der Waals surface area (Å²) >= 11 is 0. The summed E-state index contributed by atoms with van der Waals surface area (Å²) in [6.45, 7) is 2.15. The number of nitrogens with two attached hydrogens (primary N) is 2. The van der Waals surface area contributed by atoms with Crippen molar-refractivity contribution in [2.75, 3.05) is 24.2 Å². The molecule has 4 nitrogen and oxygen atoms in total. The maximum Gasteiger partial charge on any atom is 0.236 e. The molecule has 1 rings (SSSR count). The third-order valence-electron chi connectivity index (χ3n) is 1.99. The number of hydrogen-bond acceptors (Lipinski definition) is 3. The Morgan fingerprint density at radius 1 is 1.50 bits per heavy atom. The van der Waals surface area contributed by atoms with Crippen molar-refractivity contribution in [3.05, 3.63) is 23.8 Å². The number of rotatable bonds is 3. The normalized spacial score (nSPS) is 9.86. The zero-order valence-electron chi connectivity index (χ0n) is 8.45. The van der Waals surface area contributed by atoms with Crippen LogP contribution in [0.4, 0.5) is 11.4 Å². The van der Waals surface area contributed by atoms with Crippen molar-refractivity contribution in [3.8, 4) is 0 Å². The standard InChI is InChI=1S/C10H15N3O/c1-7-3-4-8(11)9(5-7)13(2)6-10(12)14/h3-5H,6,11H2,1-2H3,(H2,12,14). The fourth-order valence-corrected chi connectivity index (χ4v) is 1.30. The van der Waals surface area contributed by atoms with Crippen molar-refractivity contribution in [1.82, 2.24) is 0 Å². The van der Waals surface area contributed by atoms with E-state index in [1.807, 2.05) is 25.1 Å². The lowest BCUT2D eigenvalue weighted by atomic mass is 10.2. The van der Waals surface area contributed by atoms with Gasteiger partial charge in [-0.2, -0.15) is 0 Å². The van der Waals surface area contributed by atoms with Crippen LogP contribution >= 0.6 is 0 Å². The highest BCUT2D eigenvalue weighted by Gasteiger charge is 2.07. The average molecular weight is 193 g/mol. The highest BCUT2D eigenvalue weighted by atomic mass is 16.1. The van der Waals surface area contributed by atoms with Crippen LogP contribution in [0.1, 0.15) is 5.56 Å². The second-order valence-electron chi connectivity index (χ2n) is 3.38. The monoisotopic (exact) mass is 193 g/mol. The van der Waals surface area contributed by atoms with Crippen LogP contribution in [-0.4, -0.2) is 19.5 Å². The Bertz CT molecular complexity index is 349. The predicted octanol–water partition coefficient (Wildman–Crippen LogP) is 0.499. The molecular formula is C10H15N3O. The molecule has 0 aliphatic heterocycles. The number of primary amides is 1. The van der Waals surface area contributed by atoms with Gasteiger partial charge in [0.25, 0.3) is 0 Å². The van der Waals surface area contributed by atoms with Gasteiger partial charge in [0.05, 0.1) is 17.9 Å². The molecule has 0 atom stereocenters. The molecule has 0 aliphatic carbocycles. The Hall–Kier alpha value is -1.71. The molecule has 1 aromatic rings. The molecule has 0 bridgehead atoms. The van der Waals surface area contributed by atoms with Crippen molar-refractivity contribution >= 4 is 17.3 Å². The fourth-order valence-electron chi connectivity index (χ4n) is 1.30. The number of nitrogen functional groups attached to an aromatic ring is 1. The van der Waals surface area contributed by atoms with E-state index >= 15 is 0 Å². The van der Waals surface area contributed by atoms with Crippen molar-refractivity contribution in [3.63, 3.8) is 0 Å². The maximum absolute atomic E-state index is 10.7. The van der Waals surface area contributed by atoms with Gasteiger partial charge in [0.1, 0.15) is 0 Å². The summed E-state index contributed by atoms with van der Waals surface area (Å²) in [5.41, 5.74) is 13.5. The van der Waals surface area contributed by atoms with Gasteiger partial charge in [-0.15, -0.1) is 0 Å². The summed E-state index contributed by atoms with van der Waals surface area (Å²) < 4.78 is 0. The van der Waals surface area contributed by atoms with E-state index in [4.69, 9.17) is 11.5 Å². The second-order valence-corrected chi connectivity index (χ2v) is 3.38. The van der Waals surface area contributed by atoms with E-state index in [2.05, 4.69) is 0 Å². The Morgan fingerprint density at radius 2 is 2.14 bits per heavy atom. The summed E-state index contributed by atoms with van der Waals surface area (Å²) in [6, 6.07) is 5.68. The molecule has 0 fully saturated rings. The number of carbonyl (C=O) groups is 1. The highest BCUT2D eigenvalue weighted by Crippen LogP contribution is 2.22. The molecule has 0 heterocycles. The molecule has 1 amide bonds. The lowest BCUT2D eigenvalue weighted by Gasteiger charge is -2.19. The third kappa shape index (κ3) is 2.39. The van der Waals surface area contributed by atoms with Gasteiger partial charge < -0.3 is 16.4 Å². The molecule has 4 heteroatoms. The number of carbonyl (C=O) groups excluding carboxylic acids is 1. The average Bonchev–Trinajstić information content (AvgIpc) is 2.08. The fraction of sp³-hybridized carbons (Fsp3) is 0.300. The van der Waals surface area contributed by atoms with Crippen molar-refractivity contribution < 1.29 is 4.79 Å². The lowest BCUT2D eigenvalue weighted by Crippen LogP contribution is -2.30. The molecule has 0 saturated heterocycles. The molecule has 1 aromatic carbocycles. The van der Waals surface area contributed by atoms with Gasteiger partial charge in [0, 0.05) is 7.05 Å². The van der Waals surface area contributed by atoms with Crippen LogP contribution in [-0.2, 0) is 4.79 Å². The van der Waals surface area contributed by atoms with E-state index in [9.17, 15) is 4.79 Å². The minimum absolute atomic E-state index is 0.174. The molecular weight excluding hydrogens is 178 g/mol. The van der Waals surface area contributed by atoms with Gasteiger partial charge >= 0.3 is 0 Å². The van der Waals surface area contributed by atoms with Crippen LogP contribution in [0.3, 0.4) is 0 Å². The first-order chi connectivity index (χ1) is 6.50. The molecule has 0 radical (unpaired) electrons. The second kappa shape index (κ2) is 4.00. The molecule has 0 saturated carbocycles. The summed E-state index contributed by atoms with van der Waals surface area (Å²) in [4.78, 5) is 12.5. The van der Waals surface area contributed by atoms with Crippen molar-refractivity contribution in [2.45, 2.75) is 6.92 Å². The SMILES string of the molecule is Cc1ccc(N)c(N(C)CC(N)=O)c1. The number of aryl methyl sites for hydroxylation is 1. The molecule has 76 valence electrons. The molecule has 14 heavy (non-hydrogen) atoms. The number of benzene rings is 1. The summed E-state index contributed by atoms with van der Waals surface area (Å²) in [7, 11) is 1.79. The first-order valence-electron chi connectivity index (χ1n) is 4.36. The maximum atomic E-state index is 10.7. The van der Waals surface area contributed by atoms with E-state index in [0.717, 1.165) is 11.3 Å². The van der Waals surface area contributed by atoms with E-state index in [0.29, 0.717) is 5.69 Å². The van der Waals surface area contributed by atoms with Crippen LogP contribution < -0.4 is 16.4 Å². The minimum Gasteiger partial charge on any atom is -0.397 e. The number of anilines is 2. The summed E-state index contributed by atoms with van der Waals surface area (Å²) in [6.07, 6.45) is 0. The van der Waals surface area contributed by atoms with Gasteiger partial charge in [-0.1, -0.05) is 6.07 Å². The van der Waals surface area contributed by atoms with Crippen LogP contribution in [0.15, 0.2) is 18.2 Å². The van der Waals surface area contributed by atoms with Gasteiger partial charge in [0.2, 0.25) is 5.91 Å². The van der Waals surface area contributed by atoms with Gasteiger partial charge in [-0.25, -0.2) is 0 Å². The Kier molecular flexibility index (Phi) is 2.96. The van der Waals surface area contributed by atoms with E-state index in [1.165, 1.54) is 0 Å². The first kappa shape index (κ1) is 10.4. The number of nitrogens with zero attached hydrogens (tertiary/aromatic N) is 1. The van der Waals surface area contributed by atoms with Crippen molar-refractivity contribution in [1.29, 1.82) is 0 Å². The van der Waals surface area contributed by atoms with Gasteiger partial charge in [-0.05, 0) is 24.6 Å². The van der Waals surface area contributed by atoms with Gasteiger partial charge in [0.15, 0.2) is 0 Å². The summed E-state index contributed by atoms with van der Waals surface area (Å²) in [5, 5.41) is 0. The third-order valence-corrected chi connectivity index (χ3v) is 1.99.